The number of unbranched alkanes of at least 4 members (excludes halogenated alkanes) is 30. The summed E-state index contributed by atoms with van der Waals surface area (Å²) in [5.41, 5.74) is 1.58. The van der Waals surface area contributed by atoms with Gasteiger partial charge in [0.15, 0.2) is 23.1 Å². The van der Waals surface area contributed by atoms with Gasteiger partial charge in [-0.25, -0.2) is 14.4 Å². The van der Waals surface area contributed by atoms with Crippen LogP contribution in [0.25, 0.3) is 0 Å². The minimum atomic E-state index is -1.58. The van der Waals surface area contributed by atoms with Gasteiger partial charge < -0.3 is 108 Å². The Labute approximate surface area is 856 Å². The second-order valence-electron chi connectivity index (χ2n) is 34.1. The normalized spacial score (nSPS) is 11.0. The molecule has 0 aromatic carbocycles. The van der Waals surface area contributed by atoms with Gasteiger partial charge in [-0.2, -0.15) is 0 Å². The lowest BCUT2D eigenvalue weighted by Crippen LogP contribution is -3.00. The number of aliphatic carboxylic acids is 4. The van der Waals surface area contributed by atoms with Crippen LogP contribution in [0.1, 0.15) is 371 Å². The van der Waals surface area contributed by atoms with Crippen LogP contribution in [0.2, 0.25) is 0 Å². The van der Waals surface area contributed by atoms with Crippen molar-refractivity contribution in [2.75, 3.05) is 79.0 Å². The van der Waals surface area contributed by atoms with Crippen molar-refractivity contribution in [3.8, 4) is 0 Å². The number of ketones is 4. The fourth-order valence-corrected chi connectivity index (χ4v) is 10.7. The number of ether oxygens (including phenoxy) is 8. The monoisotopic (exact) mass is 2150 g/mol. The summed E-state index contributed by atoms with van der Waals surface area (Å²) in [6.45, 7) is 15.9. The van der Waals surface area contributed by atoms with Gasteiger partial charge in [0.05, 0.1) is 71.7 Å². The maximum atomic E-state index is 11.7. The lowest BCUT2D eigenvalue weighted by Gasteiger charge is -2.19. The molecule has 0 atom stereocenters. The van der Waals surface area contributed by atoms with Gasteiger partial charge in [-0.15, -0.1) is 0 Å². The van der Waals surface area contributed by atoms with Gasteiger partial charge in [0, 0.05) is 71.0 Å². The molecule has 0 fully saturated rings. The van der Waals surface area contributed by atoms with Gasteiger partial charge >= 0.3 is 72.0 Å². The second-order valence-corrected chi connectivity index (χ2v) is 41.7. The van der Waals surface area contributed by atoms with E-state index in [2.05, 4.69) is 21.7 Å². The number of quaternary nitrogens is 1. The number of carboxylic acid groups (broad SMARTS) is 4. The molecule has 0 bridgehead atoms. The molecule has 0 rings (SSSR count). The molecule has 0 saturated heterocycles. The molecule has 0 unspecified atom stereocenters. The molecule has 0 aliphatic rings. The quantitative estimate of drug-likeness (QED) is 0.0117. The summed E-state index contributed by atoms with van der Waals surface area (Å²) in [7, 11) is 0. The first-order valence-electron chi connectivity index (χ1n) is 46.4. The number of Topliss-reactive ketones (excluding diaryl/α,β-unsaturated/α-hetero) is 4. The van der Waals surface area contributed by atoms with E-state index in [0.29, 0.717) is 45.7 Å². The van der Waals surface area contributed by atoms with Crippen molar-refractivity contribution in [1.82, 2.24) is 16.0 Å². The van der Waals surface area contributed by atoms with E-state index < -0.39 is 88.9 Å². The molecule has 0 aliphatic carbocycles. The van der Waals surface area contributed by atoms with Crippen LogP contribution in [-0.2, 0) is 100 Å². The summed E-state index contributed by atoms with van der Waals surface area (Å²) in [6, 6.07) is 0. The first-order valence-corrected chi connectivity index (χ1v) is 49.8. The summed E-state index contributed by atoms with van der Waals surface area (Å²) in [6.07, 6.45) is 33.5. The Morgan fingerprint density at radius 3 is 0.640 bits per heavy atom. The van der Waals surface area contributed by atoms with Crippen LogP contribution < -0.4 is 34.1 Å². The van der Waals surface area contributed by atoms with Crippen LogP contribution in [0.3, 0.4) is 0 Å². The van der Waals surface area contributed by atoms with Crippen LogP contribution in [0.4, 0.5) is 14.4 Å². The number of alkyl carbamates (subject to hydrolysis) is 3. The Bertz CT molecular complexity index is 3170. The third-order valence-electron chi connectivity index (χ3n) is 17.2. The molecular weight excluding hydrogens is 2000 g/mol. The van der Waals surface area contributed by atoms with Crippen molar-refractivity contribution < 1.29 is 168 Å². The topological polar surface area (TPSA) is 552 Å². The second kappa shape index (κ2) is 95.6. The summed E-state index contributed by atoms with van der Waals surface area (Å²) in [5, 5.41) is 65.8. The van der Waals surface area contributed by atoms with E-state index in [0.717, 1.165) is 218 Å². The molecule has 0 heterocycles. The molecular formula is C91H160Cl10N4O31. The number of aliphatic hydroxyl groups excluding tert-OH is 3. The van der Waals surface area contributed by atoms with Crippen molar-refractivity contribution in [3.05, 3.63) is 0 Å². The number of halogens is 10. The maximum absolute atomic E-state index is 11.7. The summed E-state index contributed by atoms with van der Waals surface area (Å²) >= 11 is 47.9. The molecule has 0 radical (unpaired) electrons. The molecule has 35 nitrogen and oxygen atoms in total. The molecule has 0 aromatic heterocycles. The molecule has 136 heavy (non-hydrogen) atoms. The zero-order valence-corrected chi connectivity index (χ0v) is 88.9. The van der Waals surface area contributed by atoms with E-state index >= 15 is 0 Å². The van der Waals surface area contributed by atoms with Crippen molar-refractivity contribution >= 4 is 200 Å². The lowest BCUT2D eigenvalue weighted by molar-refractivity contribution is -0.354. The number of amides is 3. The molecule has 13 N–H and O–H groups in total. The average molecular weight is 2160 g/mol. The zero-order valence-electron chi connectivity index (χ0n) is 81.3. The Morgan fingerprint density at radius 1 is 0.250 bits per heavy atom. The van der Waals surface area contributed by atoms with Gasteiger partial charge in [0.1, 0.15) is 36.6 Å². The average Bonchev–Trinajstić information content (AvgIpc) is 0.942. The Kier molecular flexibility index (Phi) is 103. The number of hydrogen-bond acceptors (Lipinski definition) is 27. The third kappa shape index (κ3) is 144. The molecule has 0 aliphatic heterocycles. The van der Waals surface area contributed by atoms with Crippen LogP contribution in [0.15, 0.2) is 0 Å². The number of carboxylic acids is 4. The van der Waals surface area contributed by atoms with E-state index in [9.17, 15) is 76.7 Å². The van der Waals surface area contributed by atoms with Gasteiger partial charge in [0.2, 0.25) is 11.4 Å². The Morgan fingerprint density at radius 2 is 0.441 bits per heavy atom. The minimum Gasteiger partial charge on any atom is -1.00 e. The van der Waals surface area contributed by atoms with E-state index in [1.807, 2.05) is 0 Å². The van der Waals surface area contributed by atoms with Gasteiger partial charge in [-0.3, -0.25) is 62.3 Å². The molecule has 45 heteroatoms. The smallest absolute Gasteiger partial charge is 0.408 e. The van der Waals surface area contributed by atoms with E-state index in [1.165, 1.54) is 6.42 Å². The predicted molar refractivity (Wildman–Crippen MR) is 520 cm³/mol. The van der Waals surface area contributed by atoms with Crippen LogP contribution in [0.5, 0.6) is 0 Å². The number of carbonyl (C=O) groups is 16. The number of rotatable bonds is 69. The Balaban J connectivity index is -0.000000243. The van der Waals surface area contributed by atoms with Crippen molar-refractivity contribution in [2.45, 2.75) is 399 Å². The van der Waals surface area contributed by atoms with E-state index in [4.69, 9.17) is 178 Å². The number of aliphatic hydroxyl groups is 3. The predicted octanol–water partition coefficient (Wildman–Crippen LogP) is 15.9. The largest absolute Gasteiger partial charge is 1.00 e. The molecule has 0 aromatic rings. The molecule has 0 spiro atoms. The first kappa shape index (κ1) is 146. The van der Waals surface area contributed by atoms with Crippen LogP contribution in [0, 0.1) is 0 Å². The van der Waals surface area contributed by atoms with Crippen molar-refractivity contribution in [3.63, 3.8) is 0 Å². The highest BCUT2D eigenvalue weighted by atomic mass is 35.6. The van der Waals surface area contributed by atoms with E-state index in [-0.39, 0.29) is 164 Å². The fraction of sp³-hybridized carbons (Fsp3) is 0.824. The van der Waals surface area contributed by atoms with Gasteiger partial charge in [0.25, 0.3) is 0 Å². The van der Waals surface area contributed by atoms with Gasteiger partial charge in [-0.1, -0.05) is 265 Å². The molecule has 800 valence electrons. The van der Waals surface area contributed by atoms with Crippen molar-refractivity contribution in [2.24, 2.45) is 0 Å². The zero-order chi connectivity index (χ0) is 104. The number of alkyl halides is 9. The fourth-order valence-electron chi connectivity index (χ4n) is 10.4. The number of hydrogen-bond donors (Lipinski definition) is 11. The molecule has 3 amide bonds. The highest BCUT2D eigenvalue weighted by molar-refractivity contribution is 6.68. The number of carbonyl (C=O) groups excluding carboxylic acids is 12. The van der Waals surface area contributed by atoms with Crippen LogP contribution >= 0.6 is 104 Å². The highest BCUT2D eigenvalue weighted by Gasteiger charge is 2.25. The summed E-state index contributed by atoms with van der Waals surface area (Å²) < 4.78 is 35.2. The SMILES string of the molecule is CC(C)(C)OC(=O)NCC(=O)CCC(=O)O.CC(C)(C)OC(=O)NCC(=O)CCC(=O)OCCCCCCCCCC(=O)O.CC(C)(C)OC(=O)NCC(=O)CCC(=O)OCCCCCCCCCC(=O)OCC(Cl)(Cl)Cl.O=C(CCCCCCCCCO)OCC(Cl)(Cl)Cl.O=C(O)CCCCCCCCCO.OCC(Cl)(Cl)Cl.[Cl-].[NH3+]CC(=O)CCC(=O)OCCCCCCCCCC(=O)O. The first-order chi connectivity index (χ1) is 62.9. The van der Waals surface area contributed by atoms with Crippen LogP contribution in [-0.4, -0.2) is 238 Å². The third-order valence-corrected chi connectivity index (χ3v) is 18.2. The van der Waals surface area contributed by atoms with E-state index in [1.54, 1.807) is 62.3 Å². The van der Waals surface area contributed by atoms with Crippen molar-refractivity contribution in [1.29, 1.82) is 0 Å². The standard InChI is InChI=1S/C22H36Cl3NO7.C20H35NO7.C15H27NO5.C12H21Cl3O3.C10H17NO5.C10H20O3.C2H3Cl3O.ClH/c1-21(2,3)33-20(30)26-15-17(27)12-13-19(29)31-14-10-8-6-4-5-7-9-11-18(28)32-16-22(23,24)25;1-20(2,3)28-19(26)21-15-16(22)12-13-18(25)27-14-10-8-6-4-5-7-9-11-17(23)24;16-12-13(17)9-10-15(20)21-11-7-5-3-1-2-4-6-8-14(18)19;13-12(14,15)10-18-11(17)8-6-4-2-1-3-5-7-9-16;1-10(2,3)16-9(15)11-6-7(12)4-5-8(13)14;11-9-7-5-3-1-2-4-6-8-10(12)13;3-2(4,5)1-6;/h4-16H2,1-3H3,(H,26,30);4-15H2,1-3H3,(H,21,26)(H,23,24);1-12,16H2,(H,18,19);16H,1-10H2;4-6H2,1-3H3,(H,11,15)(H,13,14);11H,1-9H2,(H,12,13);6H,1H2;1H. The molecule has 0 saturated carbocycles. The summed E-state index contributed by atoms with van der Waals surface area (Å²) in [4.78, 5) is 178. The lowest BCUT2D eigenvalue weighted by atomic mass is 10.1. The number of nitrogens with one attached hydrogen (secondary N) is 3. The number of esters is 5. The highest BCUT2D eigenvalue weighted by Crippen LogP contribution is 2.28. The van der Waals surface area contributed by atoms with Gasteiger partial charge in [-0.05, 0) is 127 Å². The summed E-state index contributed by atoms with van der Waals surface area (Å²) in [5.74, 6) is -5.94. The minimum absolute atomic E-state index is 0. The maximum Gasteiger partial charge on any atom is 0.408 e. The Hall–Kier alpha value is -5.54.